The van der Waals surface area contributed by atoms with Crippen LogP contribution in [0.2, 0.25) is 0 Å². The average Bonchev–Trinajstić information content (AvgIpc) is 3.33. The summed E-state index contributed by atoms with van der Waals surface area (Å²) in [5.41, 5.74) is 2.05. The predicted molar refractivity (Wildman–Crippen MR) is 102 cm³/mol. The normalized spacial score (nSPS) is 10.6. The molecular weight excluding hydrogens is 364 g/mol. The Morgan fingerprint density at radius 1 is 1.26 bits per heavy atom. The third kappa shape index (κ3) is 4.79. The molecule has 0 saturated heterocycles. The lowest BCUT2D eigenvalue weighted by Crippen LogP contribution is -2.34. The molecule has 0 fully saturated rings. The summed E-state index contributed by atoms with van der Waals surface area (Å²) in [6.45, 7) is 2.60. The summed E-state index contributed by atoms with van der Waals surface area (Å²) in [6.07, 6.45) is 3.50. The van der Waals surface area contributed by atoms with Gasteiger partial charge < -0.3 is 9.64 Å². The van der Waals surface area contributed by atoms with E-state index in [1.54, 1.807) is 21.2 Å². The van der Waals surface area contributed by atoms with Gasteiger partial charge in [0.25, 0.3) is 5.91 Å². The number of carbonyl (C=O) groups excluding carboxylic acids is 2. The molecule has 1 amide bonds. The lowest BCUT2D eigenvalue weighted by molar-refractivity contribution is -0.134. The summed E-state index contributed by atoms with van der Waals surface area (Å²) in [6, 6.07) is 9.69. The van der Waals surface area contributed by atoms with Gasteiger partial charge in [0.15, 0.2) is 12.3 Å². The first kappa shape index (κ1) is 18.8. The minimum atomic E-state index is -0.606. The van der Waals surface area contributed by atoms with Gasteiger partial charge in [0.1, 0.15) is 5.01 Å². The molecule has 0 atom stereocenters. The van der Waals surface area contributed by atoms with Crippen molar-refractivity contribution in [2.24, 2.45) is 7.05 Å². The maximum absolute atomic E-state index is 12.4. The van der Waals surface area contributed by atoms with Crippen molar-refractivity contribution in [3.05, 3.63) is 59.4 Å². The second-order valence-electron chi connectivity index (χ2n) is 5.91. The molecular formula is C19H20N4O3S. The number of esters is 1. The molecule has 0 bridgehead atoms. The quantitative estimate of drug-likeness (QED) is 0.586. The highest BCUT2D eigenvalue weighted by Gasteiger charge is 2.18. The molecule has 2 heterocycles. The monoisotopic (exact) mass is 384 g/mol. The lowest BCUT2D eigenvalue weighted by atomic mass is 10.2. The number of hydrogen-bond donors (Lipinski definition) is 0. The highest BCUT2D eigenvalue weighted by molar-refractivity contribution is 7.13. The van der Waals surface area contributed by atoms with Gasteiger partial charge in [-0.3, -0.25) is 9.48 Å². The van der Waals surface area contributed by atoms with Gasteiger partial charge in [-0.15, -0.1) is 11.3 Å². The molecule has 0 saturated carbocycles. The fourth-order valence-electron chi connectivity index (χ4n) is 2.50. The molecule has 8 heteroatoms. The van der Waals surface area contributed by atoms with Crippen LogP contribution in [0, 0.1) is 0 Å². The van der Waals surface area contributed by atoms with E-state index in [0.29, 0.717) is 18.1 Å². The van der Waals surface area contributed by atoms with Crippen molar-refractivity contribution in [3.63, 3.8) is 0 Å². The molecule has 0 unspecified atom stereocenters. The van der Waals surface area contributed by atoms with Crippen molar-refractivity contribution in [2.45, 2.75) is 13.5 Å². The number of benzene rings is 1. The minimum Gasteiger partial charge on any atom is -0.451 e. The zero-order chi connectivity index (χ0) is 19.2. The Morgan fingerprint density at radius 2 is 2.04 bits per heavy atom. The third-order valence-electron chi connectivity index (χ3n) is 3.94. The smallest absolute Gasteiger partial charge is 0.358 e. The fraction of sp³-hybridized carbons (Fsp3) is 0.263. The number of thiazole rings is 1. The molecule has 0 radical (unpaired) electrons. The minimum absolute atomic E-state index is 0.192. The number of hydrogen-bond acceptors (Lipinski definition) is 6. The van der Waals surface area contributed by atoms with Crippen molar-refractivity contribution < 1.29 is 14.3 Å². The summed E-state index contributed by atoms with van der Waals surface area (Å²) >= 11 is 1.33. The van der Waals surface area contributed by atoms with Crippen LogP contribution in [0.1, 0.15) is 23.0 Å². The third-order valence-corrected chi connectivity index (χ3v) is 4.83. The van der Waals surface area contributed by atoms with Crippen molar-refractivity contribution in [3.8, 4) is 10.6 Å². The van der Waals surface area contributed by atoms with Crippen LogP contribution in [-0.4, -0.2) is 44.7 Å². The van der Waals surface area contributed by atoms with E-state index in [9.17, 15) is 9.59 Å². The molecule has 0 aliphatic heterocycles. The number of aryl methyl sites for hydroxylation is 1. The summed E-state index contributed by atoms with van der Waals surface area (Å²) in [7, 11) is 1.81. The Hall–Kier alpha value is -3.00. The molecule has 27 heavy (non-hydrogen) atoms. The largest absolute Gasteiger partial charge is 0.451 e. The number of likely N-dealkylation sites (N-methyl/N-ethyl adjacent to an activating group) is 1. The van der Waals surface area contributed by atoms with Gasteiger partial charge >= 0.3 is 5.97 Å². The van der Waals surface area contributed by atoms with Crippen LogP contribution in [-0.2, 0) is 23.1 Å². The Bertz CT molecular complexity index is 920. The molecule has 3 rings (SSSR count). The molecule has 0 aliphatic rings. The van der Waals surface area contributed by atoms with Crippen LogP contribution in [0.25, 0.3) is 10.6 Å². The molecule has 0 spiro atoms. The van der Waals surface area contributed by atoms with Gasteiger partial charge in [0.2, 0.25) is 0 Å². The maximum atomic E-state index is 12.4. The van der Waals surface area contributed by atoms with E-state index in [1.165, 1.54) is 11.3 Å². The van der Waals surface area contributed by atoms with Crippen molar-refractivity contribution in [1.82, 2.24) is 19.7 Å². The maximum Gasteiger partial charge on any atom is 0.358 e. The SMILES string of the molecule is CCN(Cc1ccccc1)C(=O)COC(=O)c1csc(-c2cnn(C)c2)n1. The highest BCUT2D eigenvalue weighted by atomic mass is 32.1. The Labute approximate surface area is 161 Å². The number of rotatable bonds is 7. The van der Waals surface area contributed by atoms with Crippen LogP contribution < -0.4 is 0 Å². The highest BCUT2D eigenvalue weighted by Crippen LogP contribution is 2.23. The molecule has 7 nitrogen and oxygen atoms in total. The number of amides is 1. The molecule has 0 N–H and O–H groups in total. The van der Waals surface area contributed by atoms with E-state index < -0.39 is 5.97 Å². The van der Waals surface area contributed by atoms with E-state index in [0.717, 1.165) is 11.1 Å². The Balaban J connectivity index is 1.56. The van der Waals surface area contributed by atoms with E-state index in [-0.39, 0.29) is 18.2 Å². The number of ether oxygens (including phenoxy) is 1. The van der Waals surface area contributed by atoms with Crippen LogP contribution in [0.3, 0.4) is 0 Å². The van der Waals surface area contributed by atoms with Crippen molar-refractivity contribution in [1.29, 1.82) is 0 Å². The van der Waals surface area contributed by atoms with Crippen LogP contribution >= 0.6 is 11.3 Å². The summed E-state index contributed by atoms with van der Waals surface area (Å²) in [5, 5.41) is 6.39. The lowest BCUT2D eigenvalue weighted by Gasteiger charge is -2.20. The molecule has 1 aromatic carbocycles. The van der Waals surface area contributed by atoms with Crippen molar-refractivity contribution in [2.75, 3.05) is 13.2 Å². The van der Waals surface area contributed by atoms with E-state index >= 15 is 0 Å². The van der Waals surface area contributed by atoms with Gasteiger partial charge in [-0.05, 0) is 12.5 Å². The van der Waals surface area contributed by atoms with E-state index in [2.05, 4.69) is 10.1 Å². The number of nitrogens with zero attached hydrogens (tertiary/aromatic N) is 4. The first-order valence-electron chi connectivity index (χ1n) is 8.50. The van der Waals surface area contributed by atoms with E-state index in [1.807, 2.05) is 50.5 Å². The standard InChI is InChI=1S/C19H20N4O3S/c1-3-23(10-14-7-5-4-6-8-14)17(24)12-26-19(25)16-13-27-18(21-16)15-9-20-22(2)11-15/h4-9,11,13H,3,10,12H2,1-2H3. The van der Waals surface area contributed by atoms with Crippen LogP contribution in [0.15, 0.2) is 48.1 Å². The van der Waals surface area contributed by atoms with Gasteiger partial charge in [-0.25, -0.2) is 9.78 Å². The second kappa shape index (κ2) is 8.59. The topological polar surface area (TPSA) is 77.3 Å². The van der Waals surface area contributed by atoms with Gasteiger partial charge in [-0.1, -0.05) is 30.3 Å². The molecule has 0 aliphatic carbocycles. The first-order valence-corrected chi connectivity index (χ1v) is 9.38. The van der Waals surface area contributed by atoms with Crippen LogP contribution in [0.4, 0.5) is 0 Å². The number of carbonyl (C=O) groups is 2. The summed E-state index contributed by atoms with van der Waals surface area (Å²) in [5.74, 6) is -0.845. The summed E-state index contributed by atoms with van der Waals surface area (Å²) < 4.78 is 6.82. The fourth-order valence-corrected chi connectivity index (χ4v) is 3.27. The zero-order valence-corrected chi connectivity index (χ0v) is 16.0. The summed E-state index contributed by atoms with van der Waals surface area (Å²) in [4.78, 5) is 30.5. The van der Waals surface area contributed by atoms with Crippen molar-refractivity contribution >= 4 is 23.2 Å². The second-order valence-corrected chi connectivity index (χ2v) is 6.77. The number of aromatic nitrogens is 3. The Kier molecular flexibility index (Phi) is 5.97. The Morgan fingerprint density at radius 3 is 2.70 bits per heavy atom. The van der Waals surface area contributed by atoms with Gasteiger partial charge in [0, 0.05) is 37.3 Å². The van der Waals surface area contributed by atoms with E-state index in [4.69, 9.17) is 4.74 Å². The van der Waals surface area contributed by atoms with Crippen LogP contribution in [0.5, 0.6) is 0 Å². The molecule has 140 valence electrons. The predicted octanol–water partition coefficient (Wildman–Crippen LogP) is 2.75. The average molecular weight is 384 g/mol. The first-order chi connectivity index (χ1) is 13.1. The van der Waals surface area contributed by atoms with Gasteiger partial charge in [0.05, 0.1) is 6.20 Å². The molecule has 3 aromatic rings. The zero-order valence-electron chi connectivity index (χ0n) is 15.2. The molecule has 2 aromatic heterocycles. The van der Waals surface area contributed by atoms with Gasteiger partial charge in [-0.2, -0.15) is 5.10 Å².